The molecule has 0 aliphatic heterocycles. The highest BCUT2D eigenvalue weighted by Crippen LogP contribution is 2.38. The molecule has 2 nitrogen and oxygen atoms in total. The van der Waals surface area contributed by atoms with E-state index in [9.17, 15) is 9.90 Å². The zero-order chi connectivity index (χ0) is 16.4. The van der Waals surface area contributed by atoms with Crippen molar-refractivity contribution >= 4 is 49.2 Å². The average molecular weight is 452 g/mol. The highest BCUT2D eigenvalue weighted by atomic mass is 79.9. The normalized spacial score (nSPS) is 10.7. The molecule has 5 heteroatoms. The molecule has 0 saturated heterocycles. The lowest BCUT2D eigenvalue weighted by Crippen LogP contribution is -2.01. The molecule has 0 fully saturated rings. The molecule has 116 valence electrons. The summed E-state index contributed by atoms with van der Waals surface area (Å²) in [4.78, 5) is 11.4. The molecule has 3 aromatic rings. The van der Waals surface area contributed by atoms with Gasteiger partial charge in [0.1, 0.15) is 0 Å². The van der Waals surface area contributed by atoms with Gasteiger partial charge < -0.3 is 5.11 Å². The van der Waals surface area contributed by atoms with Gasteiger partial charge in [0.15, 0.2) is 0 Å². The molecule has 0 atom stereocenters. The van der Waals surface area contributed by atoms with Gasteiger partial charge >= 0.3 is 5.97 Å². The van der Waals surface area contributed by atoms with Crippen LogP contribution in [0.1, 0.15) is 21.5 Å². The predicted molar refractivity (Wildman–Crippen MR) is 101 cm³/mol. The van der Waals surface area contributed by atoms with Crippen LogP contribution in [-0.2, 0) is 6.42 Å². The van der Waals surface area contributed by atoms with Crippen LogP contribution >= 0.6 is 43.2 Å². The maximum Gasteiger partial charge on any atom is 0.338 e. The van der Waals surface area contributed by atoms with E-state index < -0.39 is 5.97 Å². The van der Waals surface area contributed by atoms with Crippen molar-refractivity contribution in [3.63, 3.8) is 0 Å². The van der Waals surface area contributed by atoms with Crippen LogP contribution < -0.4 is 0 Å². The van der Waals surface area contributed by atoms with Crippen LogP contribution in [0, 0.1) is 0 Å². The molecule has 0 radical (unpaired) electrons. The van der Waals surface area contributed by atoms with Crippen molar-refractivity contribution < 1.29 is 9.90 Å². The number of carboxylic acid groups (broad SMARTS) is 1. The number of carboxylic acids is 1. The second-order valence-corrected chi connectivity index (χ2v) is 8.70. The minimum atomic E-state index is -0.908. The molecule has 2 aromatic carbocycles. The summed E-state index contributed by atoms with van der Waals surface area (Å²) in [6, 6.07) is 18.4. The summed E-state index contributed by atoms with van der Waals surface area (Å²) in [5.41, 5.74) is 4.55. The zero-order valence-corrected chi connectivity index (χ0v) is 15.9. The van der Waals surface area contributed by atoms with E-state index in [1.165, 1.54) is 16.9 Å². The van der Waals surface area contributed by atoms with Crippen LogP contribution in [0.15, 0.2) is 62.2 Å². The van der Waals surface area contributed by atoms with Crippen molar-refractivity contribution in [1.29, 1.82) is 0 Å². The number of hydrogen-bond acceptors (Lipinski definition) is 2. The van der Waals surface area contributed by atoms with Crippen LogP contribution in [0.25, 0.3) is 11.1 Å². The fraction of sp³-hybridized carbons (Fsp3) is 0.0556. The van der Waals surface area contributed by atoms with Crippen LogP contribution in [0.5, 0.6) is 0 Å². The Hall–Kier alpha value is -1.43. The molecule has 0 unspecified atom stereocenters. The largest absolute Gasteiger partial charge is 0.478 e. The summed E-state index contributed by atoms with van der Waals surface area (Å²) in [6.07, 6.45) is 0.583. The van der Waals surface area contributed by atoms with Crippen molar-refractivity contribution in [2.75, 3.05) is 0 Å². The van der Waals surface area contributed by atoms with Crippen molar-refractivity contribution in [3.8, 4) is 11.1 Å². The Kier molecular flexibility index (Phi) is 4.99. The highest BCUT2D eigenvalue weighted by Gasteiger charge is 2.21. The maximum atomic E-state index is 11.4. The van der Waals surface area contributed by atoms with Gasteiger partial charge in [-0.15, -0.1) is 11.3 Å². The SMILES string of the molecule is O=C(O)c1c(Br)sc(Br)c1Cc1ccc(-c2ccccc2)cc1. The molecule has 0 saturated carbocycles. The molecule has 0 spiro atoms. The lowest BCUT2D eigenvalue weighted by molar-refractivity contribution is 0.0695. The molecular weight excluding hydrogens is 440 g/mol. The standard InChI is InChI=1S/C18H12Br2O2S/c19-16-14(15(18(21)22)17(20)23-16)10-11-6-8-13(9-7-11)12-4-2-1-3-5-12/h1-9H,10H2,(H,21,22). The Bertz CT molecular complexity index is 839. The third-order valence-corrected chi connectivity index (χ3v) is 6.23. The van der Waals surface area contributed by atoms with Gasteiger partial charge in [0.25, 0.3) is 0 Å². The lowest BCUT2D eigenvalue weighted by atomic mass is 10.00. The zero-order valence-electron chi connectivity index (χ0n) is 11.9. The summed E-state index contributed by atoms with van der Waals surface area (Å²) in [6.45, 7) is 0. The van der Waals surface area contributed by atoms with Crippen molar-refractivity contribution in [1.82, 2.24) is 0 Å². The Balaban J connectivity index is 1.89. The lowest BCUT2D eigenvalue weighted by Gasteiger charge is -2.06. The smallest absolute Gasteiger partial charge is 0.338 e. The average Bonchev–Trinajstić information content (AvgIpc) is 2.83. The Morgan fingerprint density at radius 3 is 2.13 bits per heavy atom. The third-order valence-electron chi connectivity index (χ3n) is 3.57. The molecule has 0 aliphatic rings. The van der Waals surface area contributed by atoms with E-state index in [-0.39, 0.29) is 0 Å². The number of rotatable bonds is 4. The molecular formula is C18H12Br2O2S. The van der Waals surface area contributed by atoms with Crippen molar-refractivity contribution in [2.45, 2.75) is 6.42 Å². The Labute approximate surface area is 155 Å². The van der Waals surface area contributed by atoms with Crippen molar-refractivity contribution in [2.24, 2.45) is 0 Å². The fourth-order valence-electron chi connectivity index (χ4n) is 2.43. The first-order valence-electron chi connectivity index (χ1n) is 6.90. The van der Waals surface area contributed by atoms with Crippen molar-refractivity contribution in [3.05, 3.63) is 78.9 Å². The van der Waals surface area contributed by atoms with Crippen LogP contribution in [0.4, 0.5) is 0 Å². The van der Waals surface area contributed by atoms with Gasteiger partial charge in [-0.05, 0) is 54.1 Å². The first-order valence-corrected chi connectivity index (χ1v) is 9.31. The van der Waals surface area contributed by atoms with Gasteiger partial charge in [0.05, 0.1) is 13.1 Å². The predicted octanol–water partition coefficient (Wildman–Crippen LogP) is 6.23. The molecule has 3 rings (SSSR count). The van der Waals surface area contributed by atoms with E-state index in [4.69, 9.17) is 0 Å². The minimum Gasteiger partial charge on any atom is -0.478 e. The summed E-state index contributed by atoms with van der Waals surface area (Å²) in [7, 11) is 0. The Morgan fingerprint density at radius 1 is 0.913 bits per heavy atom. The van der Waals surface area contributed by atoms with E-state index >= 15 is 0 Å². The summed E-state index contributed by atoms with van der Waals surface area (Å²) in [5.74, 6) is -0.908. The van der Waals surface area contributed by atoms with Crippen LogP contribution in [-0.4, -0.2) is 11.1 Å². The van der Waals surface area contributed by atoms with Gasteiger partial charge in [-0.2, -0.15) is 0 Å². The molecule has 0 amide bonds. The summed E-state index contributed by atoms with van der Waals surface area (Å²) in [5, 5.41) is 9.39. The van der Waals surface area contributed by atoms with E-state index in [1.54, 1.807) is 0 Å². The van der Waals surface area contributed by atoms with Gasteiger partial charge in [-0.3, -0.25) is 0 Å². The number of halogens is 2. The Morgan fingerprint density at radius 2 is 1.52 bits per heavy atom. The number of carbonyl (C=O) groups is 1. The van der Waals surface area contributed by atoms with E-state index in [2.05, 4.69) is 56.1 Å². The first kappa shape index (κ1) is 16.4. The topological polar surface area (TPSA) is 37.3 Å². The van der Waals surface area contributed by atoms with Gasteiger partial charge in [0, 0.05) is 6.42 Å². The summed E-state index contributed by atoms with van der Waals surface area (Å²) < 4.78 is 1.50. The van der Waals surface area contributed by atoms with E-state index in [0.717, 1.165) is 20.5 Å². The maximum absolute atomic E-state index is 11.4. The van der Waals surface area contributed by atoms with E-state index in [0.29, 0.717) is 15.8 Å². The highest BCUT2D eigenvalue weighted by molar-refractivity contribution is 9.12. The van der Waals surface area contributed by atoms with Crippen LogP contribution in [0.2, 0.25) is 0 Å². The molecule has 0 aliphatic carbocycles. The first-order chi connectivity index (χ1) is 11.1. The number of benzene rings is 2. The van der Waals surface area contributed by atoms with Gasteiger partial charge in [-0.25, -0.2) is 4.79 Å². The van der Waals surface area contributed by atoms with Gasteiger partial charge in [-0.1, -0.05) is 54.6 Å². The molecule has 1 N–H and O–H groups in total. The molecule has 0 bridgehead atoms. The second kappa shape index (κ2) is 6.99. The molecule has 1 aromatic heterocycles. The number of aromatic carboxylic acids is 1. The third kappa shape index (κ3) is 3.57. The number of thiophene rings is 1. The van der Waals surface area contributed by atoms with E-state index in [1.807, 2.05) is 30.3 Å². The minimum absolute atomic E-state index is 0.342. The van der Waals surface area contributed by atoms with Gasteiger partial charge in [0.2, 0.25) is 0 Å². The van der Waals surface area contributed by atoms with Crippen LogP contribution in [0.3, 0.4) is 0 Å². The molecule has 23 heavy (non-hydrogen) atoms. The summed E-state index contributed by atoms with van der Waals surface area (Å²) >= 11 is 8.20. The quantitative estimate of drug-likeness (QED) is 0.510. The monoisotopic (exact) mass is 450 g/mol. The molecule has 1 heterocycles. The number of hydrogen-bond donors (Lipinski definition) is 1. The second-order valence-electron chi connectivity index (χ2n) is 5.05. The fourth-order valence-corrected chi connectivity index (χ4v) is 5.57.